The van der Waals surface area contributed by atoms with Crippen molar-refractivity contribution >= 4 is 12.1 Å². The van der Waals surface area contributed by atoms with Gasteiger partial charge in [0.05, 0.1) is 6.61 Å². The largest absolute Gasteiger partial charge is 0.465 e. The van der Waals surface area contributed by atoms with Crippen molar-refractivity contribution in [2.24, 2.45) is 5.41 Å². The molecule has 1 rings (SSSR count). The molecule has 0 aromatic rings. The zero-order valence-electron chi connectivity index (χ0n) is 9.24. The lowest BCUT2D eigenvalue weighted by Crippen LogP contribution is -2.51. The molecule has 1 atom stereocenters. The number of likely N-dealkylation sites (tertiary alicyclic amines) is 1. The van der Waals surface area contributed by atoms with Gasteiger partial charge in [0.25, 0.3) is 0 Å². The van der Waals surface area contributed by atoms with Crippen LogP contribution in [0.4, 0.5) is 9.18 Å². The van der Waals surface area contributed by atoms with Gasteiger partial charge in [0.15, 0.2) is 0 Å². The minimum Gasteiger partial charge on any atom is -0.465 e. The van der Waals surface area contributed by atoms with Crippen LogP contribution in [0.5, 0.6) is 0 Å². The Morgan fingerprint density at radius 2 is 2.25 bits per heavy atom. The fraction of sp³-hybridized carbons (Fsp3) is 0.800. The molecule has 16 heavy (non-hydrogen) atoms. The number of rotatable bonds is 3. The van der Waals surface area contributed by atoms with Crippen molar-refractivity contribution in [1.29, 1.82) is 0 Å². The van der Waals surface area contributed by atoms with Gasteiger partial charge in [-0.1, -0.05) is 0 Å². The molecule has 0 spiro atoms. The van der Waals surface area contributed by atoms with Gasteiger partial charge in [-0.25, -0.2) is 9.18 Å². The zero-order chi connectivity index (χ0) is 12.2. The zero-order valence-corrected chi connectivity index (χ0v) is 9.24. The fourth-order valence-corrected chi connectivity index (χ4v) is 1.91. The molecule has 1 amide bonds. The van der Waals surface area contributed by atoms with E-state index in [1.807, 2.05) is 0 Å². The first-order valence-corrected chi connectivity index (χ1v) is 5.27. The molecule has 0 bridgehead atoms. The highest BCUT2D eigenvalue weighted by Crippen LogP contribution is 2.32. The maximum Gasteiger partial charge on any atom is 0.407 e. The third-order valence-corrected chi connectivity index (χ3v) is 2.81. The first kappa shape index (κ1) is 12.7. The van der Waals surface area contributed by atoms with Crippen molar-refractivity contribution in [2.45, 2.75) is 19.8 Å². The lowest BCUT2D eigenvalue weighted by molar-refractivity contribution is -0.159. The number of carbonyl (C=O) groups excluding carboxylic acids is 1. The third-order valence-electron chi connectivity index (χ3n) is 2.81. The number of carboxylic acid groups (broad SMARTS) is 1. The first-order chi connectivity index (χ1) is 7.55. The van der Waals surface area contributed by atoms with Crippen LogP contribution in [0, 0.1) is 5.41 Å². The first-order valence-electron chi connectivity index (χ1n) is 5.27. The van der Waals surface area contributed by atoms with Gasteiger partial charge in [-0.3, -0.25) is 4.79 Å². The van der Waals surface area contributed by atoms with Crippen LogP contribution in [-0.2, 0) is 9.53 Å². The highest BCUT2D eigenvalue weighted by atomic mass is 19.1. The van der Waals surface area contributed by atoms with E-state index in [1.165, 1.54) is 0 Å². The van der Waals surface area contributed by atoms with Crippen molar-refractivity contribution in [3.05, 3.63) is 0 Å². The van der Waals surface area contributed by atoms with Crippen molar-refractivity contribution in [3.8, 4) is 0 Å². The quantitative estimate of drug-likeness (QED) is 0.745. The summed E-state index contributed by atoms with van der Waals surface area (Å²) >= 11 is 0. The van der Waals surface area contributed by atoms with Gasteiger partial charge >= 0.3 is 12.1 Å². The fourth-order valence-electron chi connectivity index (χ4n) is 1.91. The van der Waals surface area contributed by atoms with Crippen LogP contribution in [0.1, 0.15) is 19.8 Å². The Morgan fingerprint density at radius 3 is 2.75 bits per heavy atom. The van der Waals surface area contributed by atoms with Crippen molar-refractivity contribution in [2.75, 3.05) is 26.4 Å². The number of hydrogen-bond acceptors (Lipinski definition) is 3. The Balaban J connectivity index is 2.78. The average molecular weight is 233 g/mol. The van der Waals surface area contributed by atoms with Crippen LogP contribution >= 0.6 is 0 Å². The second kappa shape index (κ2) is 5.14. The molecule has 1 aliphatic heterocycles. The maximum absolute atomic E-state index is 13.0. The van der Waals surface area contributed by atoms with Gasteiger partial charge < -0.3 is 14.7 Å². The van der Waals surface area contributed by atoms with E-state index in [2.05, 4.69) is 0 Å². The smallest absolute Gasteiger partial charge is 0.407 e. The molecule has 0 aromatic heterocycles. The number of nitrogens with zero attached hydrogens (tertiary/aromatic N) is 1. The second-order valence-electron chi connectivity index (χ2n) is 3.94. The van der Waals surface area contributed by atoms with E-state index in [9.17, 15) is 14.0 Å². The Labute approximate surface area is 93.2 Å². The summed E-state index contributed by atoms with van der Waals surface area (Å²) in [5.41, 5.74) is -1.30. The van der Waals surface area contributed by atoms with E-state index in [1.54, 1.807) is 6.92 Å². The normalized spacial score (nSPS) is 25.2. The SMILES string of the molecule is CCOC(=O)C1(CF)CCCN(C(=O)O)C1. The van der Waals surface area contributed by atoms with E-state index in [-0.39, 0.29) is 13.2 Å². The van der Waals surface area contributed by atoms with Crippen LogP contribution in [-0.4, -0.2) is 48.4 Å². The molecule has 1 unspecified atom stereocenters. The molecule has 92 valence electrons. The number of ether oxygens (including phenoxy) is 1. The van der Waals surface area contributed by atoms with Crippen LogP contribution in [0.2, 0.25) is 0 Å². The minimum atomic E-state index is -1.30. The summed E-state index contributed by atoms with van der Waals surface area (Å²) in [7, 11) is 0. The number of carbonyl (C=O) groups is 2. The van der Waals surface area contributed by atoms with E-state index in [0.29, 0.717) is 19.4 Å². The summed E-state index contributed by atoms with van der Waals surface area (Å²) in [6, 6.07) is 0. The molecule has 0 aromatic carbocycles. The molecule has 5 nitrogen and oxygen atoms in total. The van der Waals surface area contributed by atoms with E-state index >= 15 is 0 Å². The summed E-state index contributed by atoms with van der Waals surface area (Å²) in [6.45, 7) is 1.17. The van der Waals surface area contributed by atoms with Gasteiger partial charge in [0.1, 0.15) is 12.1 Å². The highest BCUT2D eigenvalue weighted by molar-refractivity contribution is 5.78. The molecule has 1 saturated heterocycles. The van der Waals surface area contributed by atoms with Gasteiger partial charge in [0, 0.05) is 13.1 Å². The average Bonchev–Trinajstić information content (AvgIpc) is 2.29. The van der Waals surface area contributed by atoms with Crippen LogP contribution in [0.3, 0.4) is 0 Å². The predicted molar refractivity (Wildman–Crippen MR) is 53.9 cm³/mol. The number of esters is 1. The number of piperidine rings is 1. The van der Waals surface area contributed by atoms with Gasteiger partial charge in [0.2, 0.25) is 0 Å². The molecular formula is C10H16FNO4. The Bertz CT molecular complexity index is 284. The Hall–Kier alpha value is -1.33. The summed E-state index contributed by atoms with van der Waals surface area (Å²) in [5, 5.41) is 8.83. The Kier molecular flexibility index (Phi) is 4.09. The van der Waals surface area contributed by atoms with Gasteiger partial charge in [-0.15, -0.1) is 0 Å². The minimum absolute atomic E-state index is 0.113. The monoisotopic (exact) mass is 233 g/mol. The van der Waals surface area contributed by atoms with E-state index in [0.717, 1.165) is 4.90 Å². The molecule has 0 saturated carbocycles. The lowest BCUT2D eigenvalue weighted by Gasteiger charge is -2.37. The maximum atomic E-state index is 13.0. The van der Waals surface area contributed by atoms with Crippen LogP contribution in [0.15, 0.2) is 0 Å². The second-order valence-corrected chi connectivity index (χ2v) is 3.94. The van der Waals surface area contributed by atoms with E-state index in [4.69, 9.17) is 9.84 Å². The number of alkyl halides is 1. The topological polar surface area (TPSA) is 66.8 Å². The molecule has 6 heteroatoms. The van der Waals surface area contributed by atoms with Gasteiger partial charge in [-0.2, -0.15) is 0 Å². The molecule has 1 aliphatic rings. The summed E-state index contributed by atoms with van der Waals surface area (Å²) in [6.07, 6.45) is -0.303. The number of halogens is 1. The third kappa shape index (κ3) is 2.43. The van der Waals surface area contributed by atoms with E-state index < -0.39 is 24.2 Å². The molecule has 1 heterocycles. The van der Waals surface area contributed by atoms with Crippen LogP contribution < -0.4 is 0 Å². The Morgan fingerprint density at radius 1 is 1.56 bits per heavy atom. The molecular weight excluding hydrogens is 217 g/mol. The van der Waals surface area contributed by atoms with Gasteiger partial charge in [-0.05, 0) is 19.8 Å². The summed E-state index contributed by atoms with van der Waals surface area (Å²) < 4.78 is 17.8. The number of amides is 1. The summed E-state index contributed by atoms with van der Waals surface area (Å²) in [5.74, 6) is -0.636. The molecule has 1 N–H and O–H groups in total. The molecule has 0 aliphatic carbocycles. The van der Waals surface area contributed by atoms with Crippen LogP contribution in [0.25, 0.3) is 0 Å². The molecule has 0 radical (unpaired) electrons. The number of hydrogen-bond donors (Lipinski definition) is 1. The lowest BCUT2D eigenvalue weighted by atomic mass is 9.81. The highest BCUT2D eigenvalue weighted by Gasteiger charge is 2.45. The molecule has 1 fully saturated rings. The van der Waals surface area contributed by atoms with Crippen molar-refractivity contribution < 1.29 is 23.8 Å². The summed E-state index contributed by atoms with van der Waals surface area (Å²) in [4.78, 5) is 23.5. The standard InChI is InChI=1S/C10H16FNO4/c1-2-16-8(13)10(6-11)4-3-5-12(7-10)9(14)15/h2-7H2,1H3,(H,14,15). The van der Waals surface area contributed by atoms with Crippen molar-refractivity contribution in [1.82, 2.24) is 4.90 Å². The van der Waals surface area contributed by atoms with Crippen molar-refractivity contribution in [3.63, 3.8) is 0 Å². The predicted octanol–water partition coefficient (Wildman–Crippen LogP) is 1.28.